The third-order valence-corrected chi connectivity index (χ3v) is 1.53. The van der Waals surface area contributed by atoms with Crippen LogP contribution in [0.2, 0.25) is 0 Å². The second-order valence-corrected chi connectivity index (χ2v) is 2.28. The largest absolute Gasteiger partial charge is 0.159 e. The van der Waals surface area contributed by atoms with E-state index < -0.39 is 0 Å². The number of fused-ring (bicyclic) bond motifs is 1. The monoisotopic (exact) mass is 143 g/mol. The third kappa shape index (κ3) is 1.15. The molecule has 1 radical (unpaired) electrons. The summed E-state index contributed by atoms with van der Waals surface area (Å²) in [5.74, 6) is 0. The maximum absolute atomic E-state index is 3.97. The Morgan fingerprint density at radius 2 is 2.00 bits per heavy atom. The molecule has 0 unspecified atom stereocenters. The van der Waals surface area contributed by atoms with Gasteiger partial charge in [0.05, 0.1) is 11.9 Å². The van der Waals surface area contributed by atoms with Crippen LogP contribution in [0.5, 0.6) is 0 Å². The van der Waals surface area contributed by atoms with Crippen molar-refractivity contribution in [2.75, 3.05) is 0 Å². The summed E-state index contributed by atoms with van der Waals surface area (Å²) < 4.78 is 0. The number of allylic oxidation sites excluding steroid dienone is 7. The van der Waals surface area contributed by atoms with E-state index in [1.165, 1.54) is 0 Å². The van der Waals surface area contributed by atoms with Gasteiger partial charge in [0.25, 0.3) is 0 Å². The van der Waals surface area contributed by atoms with Gasteiger partial charge in [-0.05, 0) is 12.2 Å². The summed E-state index contributed by atoms with van der Waals surface area (Å²) in [5.41, 5.74) is 5.83. The minimum Gasteiger partial charge on any atom is -0.159 e. The van der Waals surface area contributed by atoms with E-state index in [9.17, 15) is 0 Å². The quantitative estimate of drug-likeness (QED) is 0.491. The lowest BCUT2D eigenvalue weighted by Crippen LogP contribution is -2.04. The van der Waals surface area contributed by atoms with Crippen molar-refractivity contribution in [3.63, 3.8) is 0 Å². The molecule has 0 aromatic heterocycles. The van der Waals surface area contributed by atoms with Gasteiger partial charge in [0, 0.05) is 5.57 Å². The molecule has 53 valence electrons. The van der Waals surface area contributed by atoms with Crippen LogP contribution in [0.1, 0.15) is 0 Å². The molecule has 1 heterocycles. The Labute approximate surface area is 65.3 Å². The van der Waals surface area contributed by atoms with E-state index in [0.717, 1.165) is 11.3 Å². The van der Waals surface area contributed by atoms with Gasteiger partial charge in [-0.1, -0.05) is 24.3 Å². The number of hydrogen-bond donors (Lipinski definition) is 0. The van der Waals surface area contributed by atoms with Gasteiger partial charge in [-0.25, -0.2) is 0 Å². The van der Waals surface area contributed by atoms with E-state index >= 15 is 0 Å². The van der Waals surface area contributed by atoms with Gasteiger partial charge in [0.1, 0.15) is 0 Å². The number of nitrogens with zero attached hydrogens (tertiary/aromatic N) is 2. The maximum atomic E-state index is 3.97. The highest BCUT2D eigenvalue weighted by Crippen LogP contribution is 2.09. The van der Waals surface area contributed by atoms with Crippen LogP contribution in [0.25, 0.3) is 0 Å². The molecule has 0 fully saturated rings. The van der Waals surface area contributed by atoms with Crippen LogP contribution in [-0.2, 0) is 0 Å². The first kappa shape index (κ1) is 6.16. The van der Waals surface area contributed by atoms with Crippen molar-refractivity contribution < 1.29 is 0 Å². The molecule has 11 heavy (non-hydrogen) atoms. The van der Waals surface area contributed by atoms with Crippen LogP contribution >= 0.6 is 0 Å². The molecule has 0 aromatic rings. The average Bonchev–Trinajstić information content (AvgIpc) is 2.28. The van der Waals surface area contributed by atoms with E-state index in [1.54, 1.807) is 6.20 Å². The van der Waals surface area contributed by atoms with Crippen molar-refractivity contribution in [1.29, 1.82) is 0 Å². The highest BCUT2D eigenvalue weighted by atomic mass is 15.3. The summed E-state index contributed by atoms with van der Waals surface area (Å²) in [6, 6.07) is 0. The van der Waals surface area contributed by atoms with Gasteiger partial charge in [-0.2, -0.15) is 10.5 Å². The predicted molar refractivity (Wildman–Crippen MR) is 45.1 cm³/mol. The first-order chi connectivity index (χ1) is 5.47. The SMILES string of the molecule is C1=CC=C2C=C[N]N=C2C=C1. The fourth-order valence-electron chi connectivity index (χ4n) is 0.993. The molecular formula is C9H7N2. The lowest BCUT2D eigenvalue weighted by atomic mass is 10.1. The van der Waals surface area contributed by atoms with E-state index in [-0.39, 0.29) is 0 Å². The van der Waals surface area contributed by atoms with E-state index in [1.807, 2.05) is 36.5 Å². The van der Waals surface area contributed by atoms with Crippen molar-refractivity contribution in [2.24, 2.45) is 5.10 Å². The Kier molecular flexibility index (Phi) is 1.44. The minimum absolute atomic E-state index is 0.928. The topological polar surface area (TPSA) is 26.5 Å². The Hall–Kier alpha value is -1.57. The Bertz CT molecular complexity index is 304. The standard InChI is InChI=1S/C9H7N2/c1-2-4-8-6-7-10-11-9(8)5-3-1/h1-7H. The second-order valence-electron chi connectivity index (χ2n) is 2.28. The summed E-state index contributed by atoms with van der Waals surface area (Å²) in [7, 11) is 0. The molecule has 2 nitrogen and oxygen atoms in total. The van der Waals surface area contributed by atoms with Crippen molar-refractivity contribution in [3.8, 4) is 0 Å². The number of rotatable bonds is 0. The number of hydrogen-bond acceptors (Lipinski definition) is 1. The molecule has 0 atom stereocenters. The van der Waals surface area contributed by atoms with Crippen LogP contribution in [0.4, 0.5) is 0 Å². The van der Waals surface area contributed by atoms with Gasteiger partial charge in [0.15, 0.2) is 0 Å². The van der Waals surface area contributed by atoms with Crippen molar-refractivity contribution in [2.45, 2.75) is 0 Å². The van der Waals surface area contributed by atoms with Gasteiger partial charge in [0.2, 0.25) is 0 Å². The second kappa shape index (κ2) is 2.58. The summed E-state index contributed by atoms with van der Waals surface area (Å²) in [6.07, 6.45) is 13.5. The Morgan fingerprint density at radius 1 is 1.00 bits per heavy atom. The van der Waals surface area contributed by atoms with Crippen molar-refractivity contribution >= 4 is 5.71 Å². The fourth-order valence-corrected chi connectivity index (χ4v) is 0.993. The van der Waals surface area contributed by atoms with Crippen LogP contribution in [-0.4, -0.2) is 5.71 Å². The summed E-state index contributed by atoms with van der Waals surface area (Å²) in [4.78, 5) is 0. The minimum atomic E-state index is 0.928. The summed E-state index contributed by atoms with van der Waals surface area (Å²) >= 11 is 0. The highest BCUT2D eigenvalue weighted by molar-refractivity contribution is 6.11. The highest BCUT2D eigenvalue weighted by Gasteiger charge is 2.04. The molecular weight excluding hydrogens is 136 g/mol. The molecule has 2 rings (SSSR count). The molecule has 1 aliphatic carbocycles. The third-order valence-electron chi connectivity index (χ3n) is 1.53. The summed E-state index contributed by atoms with van der Waals surface area (Å²) in [5, 5.41) is 3.97. The first-order valence-corrected chi connectivity index (χ1v) is 3.46. The Balaban J connectivity index is 2.44. The smallest absolute Gasteiger partial charge is 0.0929 e. The average molecular weight is 143 g/mol. The van der Waals surface area contributed by atoms with Gasteiger partial charge in [-0.3, -0.25) is 0 Å². The molecule has 2 aliphatic rings. The molecule has 0 amide bonds. The van der Waals surface area contributed by atoms with Gasteiger partial charge < -0.3 is 0 Å². The molecule has 0 saturated carbocycles. The molecule has 0 aromatic carbocycles. The van der Waals surface area contributed by atoms with Crippen LogP contribution in [0.15, 0.2) is 53.3 Å². The normalized spacial score (nSPS) is 19.6. The molecule has 0 bridgehead atoms. The molecule has 0 spiro atoms. The van der Waals surface area contributed by atoms with Crippen molar-refractivity contribution in [1.82, 2.24) is 5.43 Å². The van der Waals surface area contributed by atoms with Crippen LogP contribution in [0, 0.1) is 0 Å². The van der Waals surface area contributed by atoms with Crippen LogP contribution < -0.4 is 5.43 Å². The molecule has 0 N–H and O–H groups in total. The van der Waals surface area contributed by atoms with Gasteiger partial charge in [-0.15, -0.1) is 0 Å². The van der Waals surface area contributed by atoms with Crippen LogP contribution in [0.3, 0.4) is 0 Å². The zero-order chi connectivity index (χ0) is 7.52. The van der Waals surface area contributed by atoms with Crippen molar-refractivity contribution in [3.05, 3.63) is 48.2 Å². The van der Waals surface area contributed by atoms with Gasteiger partial charge >= 0.3 is 0 Å². The Morgan fingerprint density at radius 3 is 3.00 bits per heavy atom. The zero-order valence-corrected chi connectivity index (χ0v) is 5.94. The molecule has 0 saturated heterocycles. The molecule has 2 heteroatoms. The predicted octanol–water partition coefficient (Wildman–Crippen LogP) is 1.53. The molecule has 1 aliphatic heterocycles. The summed E-state index contributed by atoms with van der Waals surface area (Å²) in [6.45, 7) is 0. The lowest BCUT2D eigenvalue weighted by Gasteiger charge is -2.03. The maximum Gasteiger partial charge on any atom is 0.0929 e. The van der Waals surface area contributed by atoms with E-state index in [4.69, 9.17) is 0 Å². The zero-order valence-electron chi connectivity index (χ0n) is 5.94. The first-order valence-electron chi connectivity index (χ1n) is 3.46. The fraction of sp³-hybridized carbons (Fsp3) is 0. The lowest BCUT2D eigenvalue weighted by molar-refractivity contribution is 0.936. The van der Waals surface area contributed by atoms with E-state index in [2.05, 4.69) is 10.5 Å². The van der Waals surface area contributed by atoms with E-state index in [0.29, 0.717) is 0 Å².